The van der Waals surface area contributed by atoms with E-state index in [0.29, 0.717) is 12.1 Å². The van der Waals surface area contributed by atoms with E-state index >= 15 is 0 Å². The summed E-state index contributed by atoms with van der Waals surface area (Å²) in [6.45, 7) is 2.22. The van der Waals surface area contributed by atoms with Crippen LogP contribution in [0.4, 0.5) is 4.39 Å². The molecule has 1 saturated carbocycles. The lowest BCUT2D eigenvalue weighted by atomic mass is 9.73. The van der Waals surface area contributed by atoms with Gasteiger partial charge in [-0.1, -0.05) is 37.8 Å². The second-order valence-electron chi connectivity index (χ2n) is 5.89. The lowest BCUT2D eigenvalue weighted by Gasteiger charge is -2.36. The van der Waals surface area contributed by atoms with E-state index in [-0.39, 0.29) is 11.2 Å². The molecular formula is C16H24FNO. The zero-order chi connectivity index (χ0) is 13.9. The fraction of sp³-hybridized carbons (Fsp3) is 0.625. The maximum atomic E-state index is 13.3. The van der Waals surface area contributed by atoms with Crippen molar-refractivity contribution in [3.05, 3.63) is 35.1 Å². The summed E-state index contributed by atoms with van der Waals surface area (Å²) in [7, 11) is 0. The molecule has 1 aliphatic carbocycles. The Bertz CT molecular complexity index is 425. The largest absolute Gasteiger partial charge is 0.388 e. The third-order valence-corrected chi connectivity index (χ3v) is 4.58. The van der Waals surface area contributed by atoms with Gasteiger partial charge < -0.3 is 10.8 Å². The number of benzene rings is 1. The molecule has 1 fully saturated rings. The van der Waals surface area contributed by atoms with E-state index < -0.39 is 6.10 Å². The molecule has 0 saturated heterocycles. The highest BCUT2D eigenvalue weighted by molar-refractivity contribution is 5.27. The molecule has 0 bridgehead atoms. The van der Waals surface area contributed by atoms with E-state index in [1.807, 2.05) is 0 Å². The van der Waals surface area contributed by atoms with Crippen molar-refractivity contribution in [3.8, 4) is 0 Å². The number of hydrogen-bond donors (Lipinski definition) is 2. The number of nitrogens with two attached hydrogens (primary N) is 1. The Balaban J connectivity index is 2.28. The van der Waals surface area contributed by atoms with Crippen molar-refractivity contribution >= 4 is 0 Å². The summed E-state index contributed by atoms with van der Waals surface area (Å²) < 4.78 is 13.3. The summed E-state index contributed by atoms with van der Waals surface area (Å²) in [6, 6.07) is 4.88. The van der Waals surface area contributed by atoms with Gasteiger partial charge >= 0.3 is 0 Å². The third kappa shape index (κ3) is 2.98. The number of aliphatic hydroxyl groups is 1. The van der Waals surface area contributed by atoms with Gasteiger partial charge in [0.25, 0.3) is 0 Å². The van der Waals surface area contributed by atoms with Crippen LogP contribution in [0.5, 0.6) is 0 Å². The minimum Gasteiger partial charge on any atom is -0.388 e. The van der Waals surface area contributed by atoms with Crippen LogP contribution in [0, 0.1) is 18.2 Å². The van der Waals surface area contributed by atoms with Gasteiger partial charge in [-0.15, -0.1) is 0 Å². The third-order valence-electron chi connectivity index (χ3n) is 4.58. The number of aliphatic hydroxyl groups excluding tert-OH is 1. The van der Waals surface area contributed by atoms with Crippen molar-refractivity contribution in [2.24, 2.45) is 11.1 Å². The second kappa shape index (κ2) is 6.02. The smallest absolute Gasteiger partial charge is 0.126 e. The Morgan fingerprint density at radius 2 is 1.89 bits per heavy atom. The van der Waals surface area contributed by atoms with Crippen molar-refractivity contribution in [1.29, 1.82) is 0 Å². The van der Waals surface area contributed by atoms with E-state index in [2.05, 4.69) is 0 Å². The number of halogens is 1. The Morgan fingerprint density at radius 1 is 1.26 bits per heavy atom. The maximum absolute atomic E-state index is 13.3. The molecule has 0 radical (unpaired) electrons. The first-order chi connectivity index (χ1) is 9.09. The van der Waals surface area contributed by atoms with Gasteiger partial charge in [0.1, 0.15) is 5.82 Å². The molecule has 106 valence electrons. The molecule has 1 atom stereocenters. The molecule has 0 aromatic heterocycles. The molecule has 0 spiro atoms. The van der Waals surface area contributed by atoms with Gasteiger partial charge in [0, 0.05) is 12.0 Å². The van der Waals surface area contributed by atoms with Crippen molar-refractivity contribution in [1.82, 2.24) is 0 Å². The molecule has 3 heteroatoms. The van der Waals surface area contributed by atoms with E-state index in [0.717, 1.165) is 31.2 Å². The number of rotatable bonds is 3. The standard InChI is InChI=1S/C16H24FNO/c1-12-10-13(6-7-14(12)17)15(19)16(11-18)8-4-2-3-5-9-16/h6-7,10,15,19H,2-5,8-9,11,18H2,1H3. The van der Waals surface area contributed by atoms with Gasteiger partial charge in [-0.25, -0.2) is 4.39 Å². The average Bonchev–Trinajstić information content (AvgIpc) is 2.67. The Labute approximate surface area is 114 Å². The van der Waals surface area contributed by atoms with Gasteiger partial charge in [0.15, 0.2) is 0 Å². The highest BCUT2D eigenvalue weighted by Gasteiger charge is 2.37. The van der Waals surface area contributed by atoms with Crippen LogP contribution in [-0.4, -0.2) is 11.7 Å². The molecule has 19 heavy (non-hydrogen) atoms. The molecule has 2 rings (SSSR count). The second-order valence-corrected chi connectivity index (χ2v) is 5.89. The summed E-state index contributed by atoms with van der Waals surface area (Å²) in [5.41, 5.74) is 7.12. The van der Waals surface area contributed by atoms with Crippen LogP contribution >= 0.6 is 0 Å². The predicted molar refractivity (Wildman–Crippen MR) is 75.3 cm³/mol. The average molecular weight is 265 g/mol. The minimum atomic E-state index is -0.588. The summed E-state index contributed by atoms with van der Waals surface area (Å²) in [5.74, 6) is -0.224. The van der Waals surface area contributed by atoms with Crippen LogP contribution < -0.4 is 5.73 Å². The lowest BCUT2D eigenvalue weighted by molar-refractivity contribution is 0.0166. The molecule has 1 unspecified atom stereocenters. The summed E-state index contributed by atoms with van der Waals surface area (Å²) >= 11 is 0. The van der Waals surface area contributed by atoms with Gasteiger partial charge in [0.05, 0.1) is 6.10 Å². The zero-order valence-electron chi connectivity index (χ0n) is 11.7. The van der Waals surface area contributed by atoms with Gasteiger partial charge in [-0.2, -0.15) is 0 Å². The normalized spacial score (nSPS) is 20.8. The van der Waals surface area contributed by atoms with E-state index in [9.17, 15) is 9.50 Å². The monoisotopic (exact) mass is 265 g/mol. The first kappa shape index (κ1) is 14.5. The maximum Gasteiger partial charge on any atom is 0.126 e. The van der Waals surface area contributed by atoms with Crippen LogP contribution in [0.25, 0.3) is 0 Å². The zero-order valence-corrected chi connectivity index (χ0v) is 11.7. The Hall–Kier alpha value is -0.930. The fourth-order valence-corrected chi connectivity index (χ4v) is 3.21. The number of aryl methyl sites for hydroxylation is 1. The first-order valence-corrected chi connectivity index (χ1v) is 7.23. The van der Waals surface area contributed by atoms with Crippen LogP contribution in [0.2, 0.25) is 0 Å². The van der Waals surface area contributed by atoms with Gasteiger partial charge in [-0.3, -0.25) is 0 Å². The quantitative estimate of drug-likeness (QED) is 0.822. The van der Waals surface area contributed by atoms with Crippen molar-refractivity contribution < 1.29 is 9.50 Å². The van der Waals surface area contributed by atoms with Crippen molar-refractivity contribution in [2.75, 3.05) is 6.54 Å². The Morgan fingerprint density at radius 3 is 2.42 bits per heavy atom. The van der Waals surface area contributed by atoms with E-state index in [4.69, 9.17) is 5.73 Å². The number of hydrogen-bond acceptors (Lipinski definition) is 2. The topological polar surface area (TPSA) is 46.2 Å². The van der Waals surface area contributed by atoms with Gasteiger partial charge in [0.2, 0.25) is 0 Å². The highest BCUT2D eigenvalue weighted by atomic mass is 19.1. The summed E-state index contributed by atoms with van der Waals surface area (Å²) in [5, 5.41) is 10.7. The van der Waals surface area contributed by atoms with Gasteiger partial charge in [-0.05, 0) is 37.0 Å². The molecule has 0 amide bonds. The fourth-order valence-electron chi connectivity index (χ4n) is 3.21. The molecule has 3 N–H and O–H groups in total. The van der Waals surface area contributed by atoms with Crippen molar-refractivity contribution in [3.63, 3.8) is 0 Å². The summed E-state index contributed by atoms with van der Waals surface area (Å²) in [4.78, 5) is 0. The van der Waals surface area contributed by atoms with E-state index in [1.54, 1.807) is 19.1 Å². The predicted octanol–water partition coefficient (Wildman–Crippen LogP) is 3.47. The van der Waals surface area contributed by atoms with Crippen LogP contribution in [-0.2, 0) is 0 Å². The van der Waals surface area contributed by atoms with Crippen LogP contribution in [0.15, 0.2) is 18.2 Å². The van der Waals surface area contributed by atoms with Crippen LogP contribution in [0.3, 0.4) is 0 Å². The highest BCUT2D eigenvalue weighted by Crippen LogP contribution is 2.44. The molecule has 1 aromatic carbocycles. The molecular weight excluding hydrogens is 241 g/mol. The molecule has 0 heterocycles. The lowest BCUT2D eigenvalue weighted by Crippen LogP contribution is -2.36. The van der Waals surface area contributed by atoms with Crippen LogP contribution in [0.1, 0.15) is 55.8 Å². The van der Waals surface area contributed by atoms with E-state index in [1.165, 1.54) is 18.9 Å². The Kier molecular flexibility index (Phi) is 4.58. The molecule has 2 nitrogen and oxygen atoms in total. The SMILES string of the molecule is Cc1cc(C(O)C2(CN)CCCCCC2)ccc1F. The summed E-state index contributed by atoms with van der Waals surface area (Å²) in [6.07, 6.45) is 6.01. The molecule has 1 aliphatic rings. The van der Waals surface area contributed by atoms with Crippen molar-refractivity contribution in [2.45, 2.75) is 51.6 Å². The first-order valence-electron chi connectivity index (χ1n) is 7.23. The molecule has 0 aliphatic heterocycles. The minimum absolute atomic E-state index is 0.224. The molecule has 1 aromatic rings.